The van der Waals surface area contributed by atoms with E-state index in [1.807, 2.05) is 18.2 Å². The highest BCUT2D eigenvalue weighted by molar-refractivity contribution is 8.13. The number of H-pyrrole nitrogens is 1. The molecule has 24 heavy (non-hydrogen) atoms. The summed E-state index contributed by atoms with van der Waals surface area (Å²) in [6.45, 7) is 6.55. The van der Waals surface area contributed by atoms with Crippen molar-refractivity contribution in [2.24, 2.45) is 16.6 Å². The number of rotatable bonds is 7. The first-order chi connectivity index (χ1) is 11.5. The predicted molar refractivity (Wildman–Crippen MR) is 103 cm³/mol. The summed E-state index contributed by atoms with van der Waals surface area (Å²) in [5.41, 5.74) is 6.58. The molecule has 6 heteroatoms. The molecule has 2 rings (SSSR count). The van der Waals surface area contributed by atoms with Crippen LogP contribution < -0.4 is 11.3 Å². The maximum atomic E-state index is 12.0. The van der Waals surface area contributed by atoms with Gasteiger partial charge < -0.3 is 10.7 Å². The molecule has 0 unspecified atom stereocenters. The smallest absolute Gasteiger partial charge is 0.258 e. The summed E-state index contributed by atoms with van der Waals surface area (Å²) in [4.78, 5) is 23.8. The van der Waals surface area contributed by atoms with Crippen LogP contribution in [0.1, 0.15) is 45.9 Å². The summed E-state index contributed by atoms with van der Waals surface area (Å²) in [5.74, 6) is 1.85. The fourth-order valence-corrected chi connectivity index (χ4v) is 3.16. The van der Waals surface area contributed by atoms with E-state index in [1.165, 1.54) is 24.6 Å². The molecule has 1 heterocycles. The number of aromatic amines is 1. The molecule has 0 amide bonds. The minimum atomic E-state index is -0.117. The van der Waals surface area contributed by atoms with Crippen LogP contribution in [-0.2, 0) is 5.75 Å². The monoisotopic (exact) mass is 346 g/mol. The van der Waals surface area contributed by atoms with E-state index in [-0.39, 0.29) is 11.6 Å². The summed E-state index contributed by atoms with van der Waals surface area (Å²) in [6.07, 6.45) is 3.43. The van der Waals surface area contributed by atoms with Gasteiger partial charge in [0.1, 0.15) is 5.82 Å². The Balaban J connectivity index is 1.92. The van der Waals surface area contributed by atoms with Crippen molar-refractivity contribution in [1.29, 1.82) is 0 Å². The van der Waals surface area contributed by atoms with Gasteiger partial charge in [-0.05, 0) is 31.4 Å². The maximum Gasteiger partial charge on any atom is 0.258 e. The predicted octanol–water partition coefficient (Wildman–Crippen LogP) is 3.69. The summed E-state index contributed by atoms with van der Waals surface area (Å²) >= 11 is 1.41. The van der Waals surface area contributed by atoms with Crippen molar-refractivity contribution in [3.05, 3.63) is 40.4 Å². The standard InChI is InChI=1S/C18H26N4OS/c1-12(2)7-6-8-13(3)20-18(19)24-11-16-21-15-10-5-4-9-14(15)17(23)22-16/h4-5,9-10,12-13H,6-8,11H2,1-3H3,(H2,19,20)(H,21,22,23)/t13-/m0/s1. The van der Waals surface area contributed by atoms with Gasteiger partial charge in [-0.25, -0.2) is 4.98 Å². The Morgan fingerprint density at radius 2 is 2.04 bits per heavy atom. The molecule has 0 aliphatic heterocycles. The van der Waals surface area contributed by atoms with Crippen LogP contribution >= 0.6 is 11.8 Å². The number of hydrogen-bond donors (Lipinski definition) is 2. The number of nitrogens with two attached hydrogens (primary N) is 1. The average Bonchev–Trinajstić information content (AvgIpc) is 2.52. The molecule has 130 valence electrons. The Labute approximate surface area is 147 Å². The van der Waals surface area contributed by atoms with E-state index in [0.29, 0.717) is 27.6 Å². The lowest BCUT2D eigenvalue weighted by Crippen LogP contribution is -2.14. The summed E-state index contributed by atoms with van der Waals surface area (Å²) in [6, 6.07) is 7.54. The highest BCUT2D eigenvalue weighted by atomic mass is 32.2. The van der Waals surface area contributed by atoms with E-state index in [2.05, 4.69) is 35.7 Å². The van der Waals surface area contributed by atoms with E-state index >= 15 is 0 Å². The number of para-hydroxylation sites is 1. The van der Waals surface area contributed by atoms with Gasteiger partial charge in [0.2, 0.25) is 0 Å². The van der Waals surface area contributed by atoms with Gasteiger partial charge in [0.25, 0.3) is 5.56 Å². The molecule has 0 saturated heterocycles. The number of nitrogens with zero attached hydrogens (tertiary/aromatic N) is 2. The van der Waals surface area contributed by atoms with Crippen molar-refractivity contribution in [3.8, 4) is 0 Å². The second kappa shape index (κ2) is 8.87. The van der Waals surface area contributed by atoms with Crippen LogP contribution in [0.5, 0.6) is 0 Å². The molecule has 1 aromatic heterocycles. The number of fused-ring (bicyclic) bond motifs is 1. The fraction of sp³-hybridized carbons (Fsp3) is 0.500. The highest BCUT2D eigenvalue weighted by Crippen LogP contribution is 2.14. The third kappa shape index (κ3) is 5.67. The van der Waals surface area contributed by atoms with Crippen molar-refractivity contribution >= 4 is 27.8 Å². The Morgan fingerprint density at radius 1 is 1.29 bits per heavy atom. The van der Waals surface area contributed by atoms with Crippen LogP contribution in [0, 0.1) is 5.92 Å². The number of amidine groups is 1. The first-order valence-electron chi connectivity index (χ1n) is 8.39. The average molecular weight is 347 g/mol. The number of nitrogens with one attached hydrogen (secondary N) is 1. The molecule has 0 spiro atoms. The molecule has 1 atom stereocenters. The largest absolute Gasteiger partial charge is 0.379 e. The van der Waals surface area contributed by atoms with E-state index in [9.17, 15) is 4.79 Å². The van der Waals surface area contributed by atoms with Gasteiger partial charge in [-0.2, -0.15) is 0 Å². The Morgan fingerprint density at radius 3 is 2.79 bits per heavy atom. The van der Waals surface area contributed by atoms with Crippen LogP contribution in [-0.4, -0.2) is 21.2 Å². The van der Waals surface area contributed by atoms with Crippen molar-refractivity contribution in [2.45, 2.75) is 51.8 Å². The SMILES string of the molecule is CC(C)CCC[C@H](C)N=C(N)SCc1nc2ccccc2c(=O)[nH]1. The lowest BCUT2D eigenvalue weighted by molar-refractivity contribution is 0.512. The van der Waals surface area contributed by atoms with Gasteiger partial charge in [-0.15, -0.1) is 0 Å². The van der Waals surface area contributed by atoms with E-state index in [1.54, 1.807) is 6.07 Å². The van der Waals surface area contributed by atoms with Crippen molar-refractivity contribution in [3.63, 3.8) is 0 Å². The zero-order valence-corrected chi connectivity index (χ0v) is 15.4. The third-order valence-corrected chi connectivity index (χ3v) is 4.59. The Kier molecular flexibility index (Phi) is 6.85. The normalized spacial score (nSPS) is 13.6. The van der Waals surface area contributed by atoms with Gasteiger partial charge in [0, 0.05) is 6.04 Å². The van der Waals surface area contributed by atoms with Crippen LogP contribution in [0.4, 0.5) is 0 Å². The van der Waals surface area contributed by atoms with Crippen molar-refractivity contribution in [1.82, 2.24) is 9.97 Å². The molecule has 0 bridgehead atoms. The highest BCUT2D eigenvalue weighted by Gasteiger charge is 2.06. The van der Waals surface area contributed by atoms with Crippen LogP contribution in [0.3, 0.4) is 0 Å². The first kappa shape index (κ1) is 18.5. The second-order valence-corrected chi connectivity index (χ2v) is 7.46. The van der Waals surface area contributed by atoms with E-state index in [4.69, 9.17) is 5.73 Å². The number of aliphatic imine (C=N–C) groups is 1. The topological polar surface area (TPSA) is 84.1 Å². The molecule has 0 aliphatic rings. The summed E-state index contributed by atoms with van der Waals surface area (Å²) < 4.78 is 0. The molecule has 0 radical (unpaired) electrons. The molecule has 0 saturated carbocycles. The summed E-state index contributed by atoms with van der Waals surface area (Å²) in [7, 11) is 0. The zero-order valence-electron chi connectivity index (χ0n) is 14.6. The van der Waals surface area contributed by atoms with Gasteiger partial charge in [0.05, 0.1) is 16.7 Å². The molecule has 3 N–H and O–H groups in total. The van der Waals surface area contributed by atoms with E-state index < -0.39 is 0 Å². The van der Waals surface area contributed by atoms with Gasteiger partial charge in [-0.3, -0.25) is 9.79 Å². The quantitative estimate of drug-likeness (QED) is 0.591. The number of hydrogen-bond acceptors (Lipinski definition) is 4. The van der Waals surface area contributed by atoms with Crippen LogP contribution in [0.2, 0.25) is 0 Å². The Hall–Kier alpha value is -1.82. The van der Waals surface area contributed by atoms with Crippen molar-refractivity contribution < 1.29 is 0 Å². The minimum Gasteiger partial charge on any atom is -0.379 e. The van der Waals surface area contributed by atoms with Crippen molar-refractivity contribution in [2.75, 3.05) is 0 Å². The zero-order chi connectivity index (χ0) is 17.5. The van der Waals surface area contributed by atoms with Gasteiger partial charge in [0.15, 0.2) is 5.17 Å². The van der Waals surface area contributed by atoms with Gasteiger partial charge in [-0.1, -0.05) is 50.6 Å². The van der Waals surface area contributed by atoms with Crippen LogP contribution in [0.15, 0.2) is 34.1 Å². The lowest BCUT2D eigenvalue weighted by atomic mass is 10.0. The third-order valence-electron chi connectivity index (χ3n) is 3.77. The second-order valence-electron chi connectivity index (χ2n) is 6.46. The molecular weight excluding hydrogens is 320 g/mol. The minimum absolute atomic E-state index is 0.117. The van der Waals surface area contributed by atoms with Crippen LogP contribution in [0.25, 0.3) is 10.9 Å². The number of aromatic nitrogens is 2. The van der Waals surface area contributed by atoms with Gasteiger partial charge >= 0.3 is 0 Å². The fourth-order valence-electron chi connectivity index (χ4n) is 2.49. The molecule has 0 aliphatic carbocycles. The van der Waals surface area contributed by atoms with E-state index in [0.717, 1.165) is 12.3 Å². The summed E-state index contributed by atoms with van der Waals surface area (Å²) in [5, 5.41) is 1.15. The maximum absolute atomic E-state index is 12.0. The molecule has 2 aromatic rings. The molecule has 0 fully saturated rings. The molecule has 5 nitrogen and oxygen atoms in total. The Bertz CT molecular complexity index is 754. The first-order valence-corrected chi connectivity index (χ1v) is 9.38. The number of thioether (sulfide) groups is 1. The lowest BCUT2D eigenvalue weighted by Gasteiger charge is -2.09. The molecular formula is C18H26N4OS. The number of benzene rings is 1. The molecule has 1 aromatic carbocycles.